The molecule has 2 amide bonds. The van der Waals surface area contributed by atoms with Gasteiger partial charge in [-0.25, -0.2) is 4.98 Å². The number of rotatable bonds is 8. The van der Waals surface area contributed by atoms with Gasteiger partial charge in [0.2, 0.25) is 11.7 Å². The number of imidazole rings is 1. The van der Waals surface area contributed by atoms with E-state index < -0.39 is 0 Å². The summed E-state index contributed by atoms with van der Waals surface area (Å²) in [6.07, 6.45) is 15.9. The van der Waals surface area contributed by atoms with Crippen LogP contribution in [0, 0.1) is 5.92 Å². The second-order valence-corrected chi connectivity index (χ2v) is 12.3. The third kappa shape index (κ3) is 6.87. The number of aromatic nitrogens is 2. The Hall–Kier alpha value is -3.23. The Balaban J connectivity index is 1.01. The zero-order chi connectivity index (χ0) is 28.7. The highest BCUT2D eigenvalue weighted by molar-refractivity contribution is 5.92. The van der Waals surface area contributed by atoms with Crippen molar-refractivity contribution in [2.75, 3.05) is 65.4 Å². The van der Waals surface area contributed by atoms with Crippen molar-refractivity contribution in [2.45, 2.75) is 51.5 Å². The van der Waals surface area contributed by atoms with Crippen LogP contribution in [-0.2, 0) is 11.3 Å². The van der Waals surface area contributed by atoms with Gasteiger partial charge in [-0.05, 0) is 82.4 Å². The normalized spacial score (nSPS) is 20.5. The van der Waals surface area contributed by atoms with Crippen LogP contribution in [-0.4, -0.2) is 106 Å². The first kappa shape index (κ1) is 28.9. The zero-order valence-electron chi connectivity index (χ0n) is 25.0. The largest absolute Gasteiger partial charge is 0.340 e. The van der Waals surface area contributed by atoms with Gasteiger partial charge in [-0.3, -0.25) is 14.5 Å². The lowest BCUT2D eigenvalue weighted by molar-refractivity contribution is -0.138. The van der Waals surface area contributed by atoms with Crippen molar-refractivity contribution in [3.63, 3.8) is 0 Å². The molecule has 0 spiro atoms. The molecule has 3 fully saturated rings. The highest BCUT2D eigenvalue weighted by Crippen LogP contribution is 2.25. The van der Waals surface area contributed by atoms with E-state index in [1.54, 1.807) is 0 Å². The average molecular weight is 571 g/mol. The Bertz CT molecular complexity index is 1260. The molecule has 3 saturated heterocycles. The van der Waals surface area contributed by atoms with Crippen LogP contribution in [0.3, 0.4) is 0 Å². The number of piperidine rings is 2. The van der Waals surface area contributed by atoms with E-state index >= 15 is 0 Å². The van der Waals surface area contributed by atoms with Gasteiger partial charge in [0.1, 0.15) is 0 Å². The van der Waals surface area contributed by atoms with Crippen LogP contribution >= 0.6 is 0 Å². The van der Waals surface area contributed by atoms with E-state index in [-0.39, 0.29) is 17.7 Å². The van der Waals surface area contributed by atoms with Crippen LogP contribution in [0.4, 0.5) is 0 Å². The summed E-state index contributed by atoms with van der Waals surface area (Å²) in [6.45, 7) is 10.3. The van der Waals surface area contributed by atoms with Gasteiger partial charge in [0.15, 0.2) is 0 Å². The van der Waals surface area contributed by atoms with Crippen LogP contribution in [0.1, 0.15) is 72.5 Å². The SMILES string of the molecule is O=C(c1nc2c(n1Cc1ccccc1)C=CCC=C2)N1CCC(C(=O)N2CCN(CCCN3CCCCC3)CC2)CC1. The summed E-state index contributed by atoms with van der Waals surface area (Å²) in [5.74, 6) is 0.736. The second kappa shape index (κ2) is 13.8. The maximum atomic E-state index is 13.8. The Morgan fingerprint density at radius 3 is 2.19 bits per heavy atom. The number of hydrogen-bond acceptors (Lipinski definition) is 5. The number of hydrogen-bond donors (Lipinski definition) is 0. The van der Waals surface area contributed by atoms with Gasteiger partial charge in [0.05, 0.1) is 11.4 Å². The number of piperazine rings is 1. The molecule has 1 aliphatic carbocycles. The monoisotopic (exact) mass is 570 g/mol. The second-order valence-electron chi connectivity index (χ2n) is 12.3. The third-order valence-corrected chi connectivity index (χ3v) is 9.45. The molecule has 0 bridgehead atoms. The minimum atomic E-state index is -0.0372. The third-order valence-electron chi connectivity index (χ3n) is 9.45. The standard InChI is InChI=1S/C34H46N6O2/c41-33(39-25-23-37(24-26-39)20-10-19-36-17-8-3-9-18-36)29-15-21-38(22-16-29)34(42)32-35-30-13-6-2-7-14-31(30)40(32)27-28-11-4-1-5-12-28/h1,4-7,11-14,29H,2-3,8-10,15-27H2. The van der Waals surface area contributed by atoms with E-state index in [1.165, 1.54) is 45.3 Å². The van der Waals surface area contributed by atoms with E-state index in [0.717, 1.165) is 68.9 Å². The predicted molar refractivity (Wildman–Crippen MR) is 167 cm³/mol. The topological polar surface area (TPSA) is 64.9 Å². The first-order valence-corrected chi connectivity index (χ1v) is 16.2. The molecule has 4 aliphatic rings. The highest BCUT2D eigenvalue weighted by Gasteiger charge is 2.33. The Labute approximate surface area is 250 Å². The van der Waals surface area contributed by atoms with Gasteiger partial charge < -0.3 is 19.3 Å². The fraction of sp³-hybridized carbons (Fsp3) is 0.559. The maximum Gasteiger partial charge on any atom is 0.289 e. The predicted octanol–water partition coefficient (Wildman–Crippen LogP) is 4.23. The molecule has 0 atom stereocenters. The molecular weight excluding hydrogens is 524 g/mol. The van der Waals surface area contributed by atoms with Crippen LogP contribution in [0.5, 0.6) is 0 Å². The fourth-order valence-electron chi connectivity index (χ4n) is 6.93. The molecular formula is C34H46N6O2. The maximum absolute atomic E-state index is 13.8. The minimum absolute atomic E-state index is 0.00588. The molecule has 224 valence electrons. The van der Waals surface area contributed by atoms with Crippen LogP contribution < -0.4 is 0 Å². The van der Waals surface area contributed by atoms with Gasteiger partial charge in [-0.2, -0.15) is 0 Å². The Morgan fingerprint density at radius 1 is 0.762 bits per heavy atom. The number of likely N-dealkylation sites (tertiary alicyclic amines) is 2. The Kier molecular flexibility index (Phi) is 9.50. The average Bonchev–Trinajstić information content (AvgIpc) is 3.20. The molecule has 0 N–H and O–H groups in total. The first-order valence-electron chi connectivity index (χ1n) is 16.2. The minimum Gasteiger partial charge on any atom is -0.340 e. The number of fused-ring (bicyclic) bond motifs is 1. The fourth-order valence-corrected chi connectivity index (χ4v) is 6.93. The number of carbonyl (C=O) groups is 2. The van der Waals surface area contributed by atoms with Crippen molar-refractivity contribution in [3.8, 4) is 0 Å². The molecule has 1 aromatic heterocycles. The molecule has 8 heteroatoms. The van der Waals surface area contributed by atoms with Gasteiger partial charge in [-0.1, -0.05) is 48.9 Å². The highest BCUT2D eigenvalue weighted by atomic mass is 16.2. The van der Waals surface area contributed by atoms with Crippen molar-refractivity contribution in [1.82, 2.24) is 29.2 Å². The van der Waals surface area contributed by atoms with E-state index in [0.29, 0.717) is 25.5 Å². The van der Waals surface area contributed by atoms with E-state index in [2.05, 4.69) is 49.6 Å². The van der Waals surface area contributed by atoms with Crippen LogP contribution in [0.2, 0.25) is 0 Å². The lowest BCUT2D eigenvalue weighted by atomic mass is 9.95. The van der Waals surface area contributed by atoms with Crippen molar-refractivity contribution in [1.29, 1.82) is 0 Å². The summed E-state index contributed by atoms with van der Waals surface area (Å²) in [5.41, 5.74) is 2.96. The van der Waals surface area contributed by atoms with Gasteiger partial charge in [0, 0.05) is 51.7 Å². The number of allylic oxidation sites excluding steroid dienone is 2. The first-order chi connectivity index (χ1) is 20.7. The van der Waals surface area contributed by atoms with Crippen molar-refractivity contribution in [2.24, 2.45) is 5.92 Å². The quantitative estimate of drug-likeness (QED) is 0.475. The molecule has 6 rings (SSSR count). The summed E-state index contributed by atoms with van der Waals surface area (Å²) >= 11 is 0. The van der Waals surface area contributed by atoms with Gasteiger partial charge in [-0.15, -0.1) is 0 Å². The van der Waals surface area contributed by atoms with E-state index in [9.17, 15) is 9.59 Å². The molecule has 3 aliphatic heterocycles. The number of benzene rings is 1. The van der Waals surface area contributed by atoms with Crippen molar-refractivity contribution >= 4 is 24.0 Å². The van der Waals surface area contributed by atoms with E-state index in [4.69, 9.17) is 4.98 Å². The molecule has 8 nitrogen and oxygen atoms in total. The van der Waals surface area contributed by atoms with Crippen LogP contribution in [0.15, 0.2) is 42.5 Å². The van der Waals surface area contributed by atoms with Crippen LogP contribution in [0.25, 0.3) is 12.2 Å². The molecule has 0 saturated carbocycles. The lowest BCUT2D eigenvalue weighted by Gasteiger charge is -2.38. The smallest absolute Gasteiger partial charge is 0.289 e. The summed E-state index contributed by atoms with van der Waals surface area (Å²) in [5, 5.41) is 0. The molecule has 0 unspecified atom stereocenters. The number of nitrogens with zero attached hydrogens (tertiary/aromatic N) is 6. The number of carbonyl (C=O) groups excluding carboxylic acids is 2. The Morgan fingerprint density at radius 2 is 1.45 bits per heavy atom. The molecule has 2 aromatic rings. The summed E-state index contributed by atoms with van der Waals surface area (Å²) in [6, 6.07) is 10.2. The van der Waals surface area contributed by atoms with E-state index in [1.807, 2.05) is 29.2 Å². The summed E-state index contributed by atoms with van der Waals surface area (Å²) in [7, 11) is 0. The summed E-state index contributed by atoms with van der Waals surface area (Å²) in [4.78, 5) is 41.2. The van der Waals surface area contributed by atoms with Gasteiger partial charge >= 0.3 is 0 Å². The molecule has 42 heavy (non-hydrogen) atoms. The molecule has 4 heterocycles. The molecule has 0 radical (unpaired) electrons. The van der Waals surface area contributed by atoms with Gasteiger partial charge in [0.25, 0.3) is 5.91 Å². The number of amides is 2. The van der Waals surface area contributed by atoms with Crippen molar-refractivity contribution in [3.05, 3.63) is 65.3 Å². The molecule has 1 aromatic carbocycles. The summed E-state index contributed by atoms with van der Waals surface area (Å²) < 4.78 is 2.06. The zero-order valence-corrected chi connectivity index (χ0v) is 25.0. The van der Waals surface area contributed by atoms with Crippen molar-refractivity contribution < 1.29 is 9.59 Å². The lowest BCUT2D eigenvalue weighted by Crippen LogP contribution is -2.52.